The highest BCUT2D eigenvalue weighted by molar-refractivity contribution is 8.06. The van der Waals surface area contributed by atoms with E-state index in [2.05, 4.69) is 4.18 Å². The number of nitrogens with one attached hydrogen (secondary N) is 1. The maximum absolute atomic E-state index is 13.9. The van der Waals surface area contributed by atoms with Gasteiger partial charge in [0.1, 0.15) is 5.75 Å². The minimum absolute atomic E-state index is 0.0152. The quantitative estimate of drug-likeness (QED) is 0.225. The van der Waals surface area contributed by atoms with Crippen LogP contribution in [0.1, 0.15) is 32.8 Å². The number of rotatable bonds is 12. The van der Waals surface area contributed by atoms with Gasteiger partial charge in [-0.1, -0.05) is 23.2 Å². The summed E-state index contributed by atoms with van der Waals surface area (Å²) in [5.74, 6) is -3.67. The third-order valence-corrected chi connectivity index (χ3v) is 9.11. The van der Waals surface area contributed by atoms with Crippen molar-refractivity contribution in [2.75, 3.05) is 12.4 Å². The molecule has 18 heteroatoms. The van der Waals surface area contributed by atoms with Gasteiger partial charge >= 0.3 is 36.9 Å². The van der Waals surface area contributed by atoms with Gasteiger partial charge in [-0.3, -0.25) is 4.79 Å². The zero-order valence-corrected chi connectivity index (χ0v) is 20.9. The summed E-state index contributed by atoms with van der Waals surface area (Å²) in [6, 6.07) is 4.58. The molecule has 0 aliphatic carbocycles. The average molecular weight is 576 g/mol. The molecule has 0 fully saturated rings. The lowest BCUT2D eigenvalue weighted by molar-refractivity contribution is -0.154. The van der Waals surface area contributed by atoms with E-state index < -0.39 is 63.8 Å². The van der Waals surface area contributed by atoms with Crippen LogP contribution in [0.3, 0.4) is 0 Å². The Labute approximate surface area is 199 Å². The molecule has 1 aromatic carbocycles. The van der Waals surface area contributed by atoms with Crippen molar-refractivity contribution in [3.63, 3.8) is 0 Å². The van der Waals surface area contributed by atoms with Crippen LogP contribution in [-0.4, -0.2) is 54.3 Å². The number of alkyl halides is 5. The van der Waals surface area contributed by atoms with E-state index in [0.717, 1.165) is 12.1 Å². The molecule has 10 nitrogen and oxygen atoms in total. The number of benzene rings is 1. The maximum atomic E-state index is 13.9. The third-order valence-electron chi connectivity index (χ3n) is 4.47. The van der Waals surface area contributed by atoms with Crippen LogP contribution in [0.2, 0.25) is 0 Å². The van der Waals surface area contributed by atoms with Gasteiger partial charge in [0.25, 0.3) is 10.0 Å². The molecule has 1 N–H and O–H groups in total. The lowest BCUT2D eigenvalue weighted by Crippen LogP contribution is -2.50. The Morgan fingerprint density at radius 1 is 0.914 bits per heavy atom. The third kappa shape index (κ3) is 8.53. The molecule has 1 aromatic rings. The minimum Gasteiger partial charge on any atom is -0.465 e. The Balaban J connectivity index is 2.84. The molecule has 0 spiro atoms. The fraction of sp³-hybridized carbons (Fsp3) is 0.588. The summed E-state index contributed by atoms with van der Waals surface area (Å²) < 4.78 is 142. The van der Waals surface area contributed by atoms with Gasteiger partial charge in [0.05, 0.1) is 12.0 Å². The standard InChI is InChI=1S/C17H22F5NO9S3/c1-4-15(2,3)14(24)31-10-9-12-5-7-13(8-6-12)32-33(25,26)11-16(18,19)34(27,28)23-35(29,30)17(20,21)22/h5-8,23H,4,9-11H2,1-3H3. The molecular formula is C17H22F5NO9S3. The zero-order chi connectivity index (χ0) is 27.5. The average Bonchev–Trinajstić information content (AvgIpc) is 2.66. The molecule has 1 rings (SSSR count). The van der Waals surface area contributed by atoms with E-state index in [1.54, 1.807) is 20.8 Å². The molecule has 0 saturated heterocycles. The van der Waals surface area contributed by atoms with Crippen molar-refractivity contribution in [3.8, 4) is 5.75 Å². The number of sulfonamides is 2. The van der Waals surface area contributed by atoms with Crippen molar-refractivity contribution >= 4 is 36.1 Å². The number of halogens is 5. The second-order valence-electron chi connectivity index (χ2n) is 7.73. The Bertz CT molecular complexity index is 1220. The molecular weight excluding hydrogens is 553 g/mol. The summed E-state index contributed by atoms with van der Waals surface area (Å²) in [7, 11) is -18.9. The summed E-state index contributed by atoms with van der Waals surface area (Å²) in [4.78, 5) is 11.9. The van der Waals surface area contributed by atoms with Crippen molar-refractivity contribution in [1.29, 1.82) is 0 Å². The van der Waals surface area contributed by atoms with Crippen molar-refractivity contribution in [2.45, 2.75) is 44.4 Å². The van der Waals surface area contributed by atoms with Gasteiger partial charge in [-0.05, 0) is 38.0 Å². The van der Waals surface area contributed by atoms with Gasteiger partial charge in [0.2, 0.25) is 0 Å². The van der Waals surface area contributed by atoms with Gasteiger partial charge in [0.15, 0.2) is 5.75 Å². The fourth-order valence-electron chi connectivity index (χ4n) is 2.03. The van der Waals surface area contributed by atoms with E-state index >= 15 is 0 Å². The molecule has 0 aliphatic rings. The Morgan fingerprint density at radius 3 is 1.89 bits per heavy atom. The number of carbonyl (C=O) groups is 1. The lowest BCUT2D eigenvalue weighted by atomic mass is 9.91. The summed E-state index contributed by atoms with van der Waals surface area (Å²) in [6.07, 6.45) is 0.745. The van der Waals surface area contributed by atoms with E-state index in [9.17, 15) is 52.0 Å². The SMILES string of the molecule is CCC(C)(C)C(=O)OCCc1ccc(OS(=O)(=O)CC(F)(F)S(=O)(=O)NS(=O)(=O)C(F)(F)F)cc1. The van der Waals surface area contributed by atoms with Crippen molar-refractivity contribution in [2.24, 2.45) is 5.41 Å². The summed E-state index contributed by atoms with van der Waals surface area (Å²) in [6.45, 7) is 5.18. The number of ether oxygens (including phenoxy) is 1. The van der Waals surface area contributed by atoms with Crippen LogP contribution < -0.4 is 8.31 Å². The highest BCUT2D eigenvalue weighted by Gasteiger charge is 2.56. The first kappa shape index (κ1) is 31.0. The summed E-state index contributed by atoms with van der Waals surface area (Å²) in [5, 5.41) is -5.51. The molecule has 0 atom stereocenters. The lowest BCUT2D eigenvalue weighted by Gasteiger charge is -2.20. The molecule has 35 heavy (non-hydrogen) atoms. The Kier molecular flexibility index (Phi) is 9.31. The number of hydrogen-bond acceptors (Lipinski definition) is 9. The largest absolute Gasteiger partial charge is 0.512 e. The minimum atomic E-state index is -6.77. The normalized spacial score (nSPS) is 13.9. The van der Waals surface area contributed by atoms with Crippen LogP contribution in [0.25, 0.3) is 0 Å². The zero-order valence-electron chi connectivity index (χ0n) is 18.4. The van der Waals surface area contributed by atoms with Crippen LogP contribution in [0, 0.1) is 5.41 Å². The summed E-state index contributed by atoms with van der Waals surface area (Å²) in [5.41, 5.74) is -6.42. The second-order valence-corrected chi connectivity index (χ2v) is 13.0. The van der Waals surface area contributed by atoms with Gasteiger partial charge in [-0.15, -0.1) is 0 Å². The Hall–Kier alpha value is -2.05. The fourth-order valence-corrected chi connectivity index (χ4v) is 5.97. The molecule has 0 radical (unpaired) electrons. The maximum Gasteiger partial charge on any atom is 0.512 e. The van der Waals surface area contributed by atoms with Gasteiger partial charge in [0, 0.05) is 6.42 Å². The van der Waals surface area contributed by atoms with Crippen molar-refractivity contribution < 1.29 is 60.9 Å². The predicted octanol–water partition coefficient (Wildman–Crippen LogP) is 2.28. The van der Waals surface area contributed by atoms with Gasteiger partial charge < -0.3 is 8.92 Å². The van der Waals surface area contributed by atoms with Crippen LogP contribution in [0.5, 0.6) is 5.75 Å². The van der Waals surface area contributed by atoms with E-state index in [1.165, 1.54) is 12.1 Å². The van der Waals surface area contributed by atoms with E-state index in [-0.39, 0.29) is 17.2 Å². The number of carbonyl (C=O) groups excluding carboxylic acids is 1. The topological polar surface area (TPSA) is 150 Å². The smallest absolute Gasteiger partial charge is 0.465 e. The monoisotopic (exact) mass is 575 g/mol. The van der Waals surface area contributed by atoms with Crippen LogP contribution in [0.4, 0.5) is 22.0 Å². The molecule has 0 saturated carbocycles. The first-order chi connectivity index (χ1) is 15.6. The number of hydrogen-bond donors (Lipinski definition) is 1. The molecule has 0 aromatic heterocycles. The first-order valence-electron chi connectivity index (χ1n) is 9.46. The van der Waals surface area contributed by atoms with E-state index in [1.807, 2.05) is 0 Å². The molecule has 0 unspecified atom stereocenters. The first-order valence-corrected chi connectivity index (χ1v) is 14.0. The van der Waals surface area contributed by atoms with E-state index in [4.69, 9.17) is 4.74 Å². The van der Waals surface area contributed by atoms with Crippen molar-refractivity contribution in [3.05, 3.63) is 29.8 Å². The molecule has 202 valence electrons. The van der Waals surface area contributed by atoms with Crippen LogP contribution in [-0.2, 0) is 46.1 Å². The molecule has 0 aliphatic heterocycles. The highest BCUT2D eigenvalue weighted by atomic mass is 32.3. The van der Waals surface area contributed by atoms with Gasteiger partial charge in [-0.25, -0.2) is 16.8 Å². The van der Waals surface area contributed by atoms with Crippen LogP contribution in [0.15, 0.2) is 24.3 Å². The molecule has 0 amide bonds. The second kappa shape index (κ2) is 10.5. The van der Waals surface area contributed by atoms with Gasteiger partial charge in [-0.2, -0.15) is 30.4 Å². The van der Waals surface area contributed by atoms with Crippen molar-refractivity contribution in [1.82, 2.24) is 4.13 Å². The number of esters is 1. The molecule has 0 bridgehead atoms. The predicted molar refractivity (Wildman–Crippen MR) is 112 cm³/mol. The Morgan fingerprint density at radius 2 is 1.43 bits per heavy atom. The van der Waals surface area contributed by atoms with Crippen LogP contribution >= 0.6 is 0 Å². The highest BCUT2D eigenvalue weighted by Crippen LogP contribution is 2.29. The summed E-state index contributed by atoms with van der Waals surface area (Å²) >= 11 is 0. The van der Waals surface area contributed by atoms with E-state index in [0.29, 0.717) is 12.0 Å². The molecule has 0 heterocycles.